The van der Waals surface area contributed by atoms with E-state index in [1.54, 1.807) is 12.1 Å². The van der Waals surface area contributed by atoms with E-state index in [-0.39, 0.29) is 0 Å². The molecule has 2 rings (SSSR count). The topological polar surface area (TPSA) is 20.2 Å². The van der Waals surface area contributed by atoms with Gasteiger partial charge in [-0.05, 0) is 16.7 Å². The highest BCUT2D eigenvalue weighted by atomic mass is 16.3. The fraction of sp³-hybridized carbons (Fsp3) is 0.0769. The minimum atomic E-state index is -1.14. The zero-order chi connectivity index (χ0) is 10.7. The molecule has 0 saturated carbocycles. The molecule has 1 unspecified atom stereocenters. The van der Waals surface area contributed by atoms with Crippen molar-refractivity contribution in [2.45, 2.75) is 6.58 Å². The first-order valence-electron chi connectivity index (χ1n) is 5.11. The molecule has 1 N–H and O–H groups in total. The minimum Gasteiger partial charge on any atom is -0.392 e. The Morgan fingerprint density at radius 3 is 2.00 bits per heavy atom. The third-order valence-corrected chi connectivity index (χ3v) is 2.17. The molecule has 0 bridgehead atoms. The number of hydrogen-bond acceptors (Lipinski definition) is 1. The standard InChI is InChI=1S/C13H12O/c14-10-11-6-8-13(9-7-11)12-4-2-1-3-5-12/h1-9,14H,10H2/i10D. The Kier molecular flexibility index (Phi) is 2.26. The Bertz CT molecular complexity index is 420. The van der Waals surface area contributed by atoms with Gasteiger partial charge in [0.25, 0.3) is 0 Å². The van der Waals surface area contributed by atoms with E-state index in [2.05, 4.69) is 0 Å². The summed E-state index contributed by atoms with van der Waals surface area (Å²) in [5, 5.41) is 9.05. The van der Waals surface area contributed by atoms with Crippen LogP contribution in [-0.4, -0.2) is 5.11 Å². The highest BCUT2D eigenvalue weighted by Gasteiger charge is 1.95. The predicted octanol–water partition coefficient (Wildman–Crippen LogP) is 2.85. The fourth-order valence-electron chi connectivity index (χ4n) is 1.39. The van der Waals surface area contributed by atoms with Crippen LogP contribution in [0.5, 0.6) is 0 Å². The lowest BCUT2D eigenvalue weighted by molar-refractivity contribution is 0.282. The first-order valence-corrected chi connectivity index (χ1v) is 4.53. The molecular weight excluding hydrogens is 172 g/mol. The van der Waals surface area contributed by atoms with E-state index in [1.165, 1.54) is 0 Å². The van der Waals surface area contributed by atoms with Crippen molar-refractivity contribution >= 4 is 0 Å². The molecule has 0 saturated heterocycles. The number of rotatable bonds is 2. The quantitative estimate of drug-likeness (QED) is 0.762. The molecule has 0 spiro atoms. The van der Waals surface area contributed by atoms with Crippen LogP contribution >= 0.6 is 0 Å². The molecule has 0 heterocycles. The molecular formula is C13H12O. The van der Waals surface area contributed by atoms with Gasteiger partial charge in [0.05, 0.1) is 7.95 Å². The molecule has 1 atom stereocenters. The number of aliphatic hydroxyl groups is 1. The van der Waals surface area contributed by atoms with Crippen molar-refractivity contribution in [1.29, 1.82) is 0 Å². The maximum Gasteiger partial charge on any atom is 0.0681 e. The highest BCUT2D eigenvalue weighted by molar-refractivity contribution is 5.63. The summed E-state index contributed by atoms with van der Waals surface area (Å²) in [6.07, 6.45) is 0. The van der Waals surface area contributed by atoms with Gasteiger partial charge in [-0.15, -0.1) is 0 Å². The molecule has 0 fully saturated rings. The second-order valence-corrected chi connectivity index (χ2v) is 3.12. The van der Waals surface area contributed by atoms with Crippen molar-refractivity contribution in [2.24, 2.45) is 0 Å². The maximum absolute atomic E-state index is 9.05. The molecule has 0 aliphatic rings. The van der Waals surface area contributed by atoms with Gasteiger partial charge >= 0.3 is 0 Å². The first-order chi connectivity index (χ1) is 7.27. The van der Waals surface area contributed by atoms with E-state index in [0.717, 1.165) is 11.1 Å². The Hall–Kier alpha value is -1.60. The number of hydrogen-bond donors (Lipinski definition) is 1. The summed E-state index contributed by atoms with van der Waals surface area (Å²) in [6.45, 7) is -1.14. The minimum absolute atomic E-state index is 0.620. The van der Waals surface area contributed by atoms with E-state index in [9.17, 15) is 0 Å². The molecule has 2 aromatic rings. The van der Waals surface area contributed by atoms with Gasteiger partial charge in [0.15, 0.2) is 0 Å². The van der Waals surface area contributed by atoms with Gasteiger partial charge in [-0.2, -0.15) is 0 Å². The molecule has 1 nitrogen and oxygen atoms in total. The molecule has 0 aliphatic carbocycles. The zero-order valence-corrected chi connectivity index (χ0v) is 7.72. The third kappa shape index (κ3) is 1.83. The molecule has 2 aromatic carbocycles. The van der Waals surface area contributed by atoms with Crippen LogP contribution in [0.3, 0.4) is 0 Å². The van der Waals surface area contributed by atoms with Crippen LogP contribution in [0.4, 0.5) is 0 Å². The van der Waals surface area contributed by atoms with Crippen LogP contribution in [0.1, 0.15) is 6.93 Å². The van der Waals surface area contributed by atoms with E-state index in [4.69, 9.17) is 6.48 Å². The van der Waals surface area contributed by atoms with E-state index in [1.807, 2.05) is 42.5 Å². The molecule has 70 valence electrons. The van der Waals surface area contributed by atoms with Crippen LogP contribution in [0.2, 0.25) is 0 Å². The van der Waals surface area contributed by atoms with Crippen LogP contribution in [-0.2, 0) is 6.58 Å². The Morgan fingerprint density at radius 2 is 1.43 bits per heavy atom. The summed E-state index contributed by atoms with van der Waals surface area (Å²) < 4.78 is 7.15. The van der Waals surface area contributed by atoms with Crippen molar-refractivity contribution < 1.29 is 6.48 Å². The molecule has 14 heavy (non-hydrogen) atoms. The Labute approximate surface area is 85.1 Å². The summed E-state index contributed by atoms with van der Waals surface area (Å²) >= 11 is 0. The van der Waals surface area contributed by atoms with Crippen molar-refractivity contribution in [2.75, 3.05) is 0 Å². The second kappa shape index (κ2) is 4.07. The normalized spacial score (nSPS) is 13.4. The van der Waals surface area contributed by atoms with Gasteiger partial charge in [-0.1, -0.05) is 54.6 Å². The Morgan fingerprint density at radius 1 is 0.857 bits per heavy atom. The van der Waals surface area contributed by atoms with E-state index in [0.29, 0.717) is 5.56 Å². The first kappa shape index (κ1) is 7.77. The van der Waals surface area contributed by atoms with Crippen molar-refractivity contribution in [1.82, 2.24) is 0 Å². The molecule has 1 heteroatoms. The predicted molar refractivity (Wildman–Crippen MR) is 57.8 cm³/mol. The SMILES string of the molecule is [2H]C(O)c1ccc(-c2ccccc2)cc1. The monoisotopic (exact) mass is 185 g/mol. The van der Waals surface area contributed by atoms with Crippen molar-refractivity contribution in [3.05, 3.63) is 60.2 Å². The third-order valence-electron chi connectivity index (χ3n) is 2.17. The zero-order valence-electron chi connectivity index (χ0n) is 8.72. The smallest absolute Gasteiger partial charge is 0.0681 e. The van der Waals surface area contributed by atoms with E-state index >= 15 is 0 Å². The molecule has 0 radical (unpaired) electrons. The summed E-state index contributed by atoms with van der Waals surface area (Å²) in [6, 6.07) is 17.4. The van der Waals surface area contributed by atoms with Crippen LogP contribution in [0.25, 0.3) is 11.1 Å². The van der Waals surface area contributed by atoms with Gasteiger partial charge in [0.1, 0.15) is 0 Å². The van der Waals surface area contributed by atoms with E-state index < -0.39 is 6.58 Å². The van der Waals surface area contributed by atoms with Gasteiger partial charge < -0.3 is 5.11 Å². The van der Waals surface area contributed by atoms with Gasteiger partial charge in [-0.3, -0.25) is 0 Å². The maximum atomic E-state index is 9.05. The lowest BCUT2D eigenvalue weighted by Crippen LogP contribution is -1.82. The number of benzene rings is 2. The Balaban J connectivity index is 2.32. The molecule has 0 aromatic heterocycles. The van der Waals surface area contributed by atoms with Crippen LogP contribution in [0.15, 0.2) is 54.6 Å². The molecule has 0 amide bonds. The van der Waals surface area contributed by atoms with Gasteiger partial charge in [0.2, 0.25) is 0 Å². The summed E-state index contributed by atoms with van der Waals surface area (Å²) in [4.78, 5) is 0. The average Bonchev–Trinajstić information content (AvgIpc) is 2.30. The number of aliphatic hydroxyl groups excluding tert-OH is 1. The van der Waals surface area contributed by atoms with Crippen LogP contribution < -0.4 is 0 Å². The lowest BCUT2D eigenvalue weighted by atomic mass is 10.0. The second-order valence-electron chi connectivity index (χ2n) is 3.12. The fourth-order valence-corrected chi connectivity index (χ4v) is 1.39. The molecule has 0 aliphatic heterocycles. The lowest BCUT2D eigenvalue weighted by Gasteiger charge is -2.01. The van der Waals surface area contributed by atoms with Crippen LogP contribution in [0, 0.1) is 0 Å². The summed E-state index contributed by atoms with van der Waals surface area (Å²) in [7, 11) is 0. The van der Waals surface area contributed by atoms with Gasteiger partial charge in [0, 0.05) is 0 Å². The summed E-state index contributed by atoms with van der Waals surface area (Å²) in [5.74, 6) is 0. The highest BCUT2D eigenvalue weighted by Crippen LogP contribution is 2.18. The average molecular weight is 185 g/mol. The largest absolute Gasteiger partial charge is 0.392 e. The summed E-state index contributed by atoms with van der Waals surface area (Å²) in [5.41, 5.74) is 2.86. The van der Waals surface area contributed by atoms with Gasteiger partial charge in [-0.25, -0.2) is 0 Å². The van der Waals surface area contributed by atoms with Crippen molar-refractivity contribution in [3.8, 4) is 11.1 Å². The van der Waals surface area contributed by atoms with Crippen molar-refractivity contribution in [3.63, 3.8) is 0 Å².